The highest BCUT2D eigenvalue weighted by Gasteiger charge is 1.98. The molecule has 0 N–H and O–H groups in total. The minimum Gasteiger partial charge on any atom is -0.461 e. The summed E-state index contributed by atoms with van der Waals surface area (Å²) in [7, 11) is 0. The third-order valence-electron chi connectivity index (χ3n) is 1.29. The Hall–Kier alpha value is -1.05. The molecule has 0 saturated heterocycles. The zero-order chi connectivity index (χ0) is 10.3. The fourth-order valence-corrected chi connectivity index (χ4v) is 0.876. The van der Waals surface area contributed by atoms with E-state index in [0.717, 1.165) is 5.56 Å². The second-order valence-corrected chi connectivity index (χ2v) is 2.48. The van der Waals surface area contributed by atoms with Crippen LogP contribution in [0.1, 0.15) is 26.3 Å². The van der Waals surface area contributed by atoms with Crippen LogP contribution in [0.4, 0.5) is 4.39 Å². The van der Waals surface area contributed by atoms with Crippen LogP contribution in [-0.4, -0.2) is 6.36 Å². The number of ether oxygens (including phenoxy) is 1. The van der Waals surface area contributed by atoms with Crippen molar-refractivity contribution < 1.29 is 9.13 Å². The third-order valence-corrected chi connectivity index (χ3v) is 1.29. The van der Waals surface area contributed by atoms with Crippen molar-refractivity contribution in [1.82, 2.24) is 0 Å². The van der Waals surface area contributed by atoms with Gasteiger partial charge in [-0.05, 0) is 24.6 Å². The topological polar surface area (TPSA) is 9.23 Å². The van der Waals surface area contributed by atoms with E-state index in [2.05, 4.69) is 0 Å². The molecule has 0 fully saturated rings. The number of hydrogen-bond donors (Lipinski definition) is 0. The summed E-state index contributed by atoms with van der Waals surface area (Å²) in [5.74, 6) is 0.583. The van der Waals surface area contributed by atoms with Crippen molar-refractivity contribution in [3.8, 4) is 5.75 Å². The highest BCUT2D eigenvalue weighted by atomic mass is 19.1. The van der Waals surface area contributed by atoms with E-state index in [1.807, 2.05) is 32.9 Å². The Balaban J connectivity index is 0.000000671. The van der Waals surface area contributed by atoms with Crippen molar-refractivity contribution in [1.29, 1.82) is 0 Å². The molecule has 0 radical (unpaired) electrons. The zero-order valence-electron chi connectivity index (χ0n) is 8.67. The molecular weight excluding hydrogens is 167 g/mol. The molecule has 0 aromatic heterocycles. The van der Waals surface area contributed by atoms with E-state index in [9.17, 15) is 4.39 Å². The maximum Gasteiger partial charge on any atom is 0.235 e. The third kappa shape index (κ3) is 5.23. The van der Waals surface area contributed by atoms with Crippen LogP contribution in [0.2, 0.25) is 0 Å². The predicted octanol–water partition coefficient (Wildman–Crippen LogP) is 3.72. The first-order valence-corrected chi connectivity index (χ1v) is 4.56. The van der Waals surface area contributed by atoms with Crippen LogP contribution in [0.3, 0.4) is 0 Å². The summed E-state index contributed by atoms with van der Waals surface area (Å²) in [5.41, 5.74) is 1.07. The molecule has 1 atom stereocenters. The van der Waals surface area contributed by atoms with E-state index in [1.54, 1.807) is 12.1 Å². The highest BCUT2D eigenvalue weighted by molar-refractivity contribution is 5.27. The Labute approximate surface area is 79.5 Å². The lowest BCUT2D eigenvalue weighted by atomic mass is 10.2. The average Bonchev–Trinajstić information content (AvgIpc) is 2.06. The van der Waals surface area contributed by atoms with E-state index in [4.69, 9.17) is 4.74 Å². The summed E-state index contributed by atoms with van der Waals surface area (Å²) >= 11 is 0. The van der Waals surface area contributed by atoms with Gasteiger partial charge < -0.3 is 4.74 Å². The number of halogens is 1. The van der Waals surface area contributed by atoms with E-state index < -0.39 is 6.36 Å². The molecule has 1 aromatic rings. The molecule has 0 aliphatic heterocycles. The Kier molecular flexibility index (Phi) is 5.94. The first-order chi connectivity index (χ1) is 6.18. The Morgan fingerprint density at radius 2 is 1.92 bits per heavy atom. The molecular formula is C11H17FO. The van der Waals surface area contributed by atoms with Crippen molar-refractivity contribution in [2.75, 3.05) is 0 Å². The minimum atomic E-state index is -1.24. The monoisotopic (exact) mass is 184 g/mol. The normalized spacial score (nSPS) is 11.2. The van der Waals surface area contributed by atoms with Crippen molar-refractivity contribution >= 4 is 0 Å². The summed E-state index contributed by atoms with van der Waals surface area (Å²) in [6.07, 6.45) is -1.24. The van der Waals surface area contributed by atoms with E-state index in [-0.39, 0.29) is 0 Å². The van der Waals surface area contributed by atoms with Crippen molar-refractivity contribution in [3.05, 3.63) is 29.8 Å². The van der Waals surface area contributed by atoms with E-state index in [1.165, 1.54) is 6.92 Å². The summed E-state index contributed by atoms with van der Waals surface area (Å²) in [6.45, 7) is 7.30. The zero-order valence-corrected chi connectivity index (χ0v) is 8.67. The summed E-state index contributed by atoms with van der Waals surface area (Å²) < 4.78 is 17.1. The van der Waals surface area contributed by atoms with Gasteiger partial charge in [0.2, 0.25) is 6.36 Å². The lowest BCUT2D eigenvalue weighted by molar-refractivity contribution is 0.0860. The number of aryl methyl sites for hydroxylation is 1. The van der Waals surface area contributed by atoms with Crippen molar-refractivity contribution in [3.63, 3.8) is 0 Å². The van der Waals surface area contributed by atoms with Crippen LogP contribution < -0.4 is 4.74 Å². The Bertz CT molecular complexity index is 233. The predicted molar refractivity (Wildman–Crippen MR) is 53.7 cm³/mol. The molecule has 1 aromatic carbocycles. The quantitative estimate of drug-likeness (QED) is 0.680. The van der Waals surface area contributed by atoms with Crippen LogP contribution in [0.5, 0.6) is 5.75 Å². The average molecular weight is 184 g/mol. The smallest absolute Gasteiger partial charge is 0.235 e. The SMILES string of the molecule is CC.Cc1cccc(OC(C)F)c1. The molecule has 1 rings (SSSR count). The Morgan fingerprint density at radius 3 is 2.38 bits per heavy atom. The number of benzene rings is 1. The van der Waals surface area contributed by atoms with E-state index >= 15 is 0 Å². The van der Waals surface area contributed by atoms with Crippen molar-refractivity contribution in [2.45, 2.75) is 34.1 Å². The van der Waals surface area contributed by atoms with Gasteiger partial charge in [-0.2, -0.15) is 0 Å². The first kappa shape index (κ1) is 11.9. The first-order valence-electron chi connectivity index (χ1n) is 4.56. The van der Waals surface area contributed by atoms with Crippen LogP contribution >= 0.6 is 0 Å². The molecule has 0 spiro atoms. The van der Waals surface area contributed by atoms with Gasteiger partial charge in [0.25, 0.3) is 0 Å². The molecule has 0 aliphatic rings. The lowest BCUT2D eigenvalue weighted by Gasteiger charge is -2.06. The molecule has 1 unspecified atom stereocenters. The second kappa shape index (κ2) is 6.46. The molecule has 0 bridgehead atoms. The minimum absolute atomic E-state index is 0.583. The van der Waals surface area contributed by atoms with E-state index in [0.29, 0.717) is 5.75 Å². The van der Waals surface area contributed by atoms with Gasteiger partial charge in [-0.15, -0.1) is 0 Å². The van der Waals surface area contributed by atoms with Gasteiger partial charge in [-0.25, -0.2) is 4.39 Å². The van der Waals surface area contributed by atoms with Crippen LogP contribution in [0.25, 0.3) is 0 Å². The van der Waals surface area contributed by atoms with Gasteiger partial charge in [0.05, 0.1) is 0 Å². The fourth-order valence-electron chi connectivity index (χ4n) is 0.876. The standard InChI is InChI=1S/C9H11FO.C2H6/c1-7-4-3-5-9(6-7)11-8(2)10;1-2/h3-6,8H,1-2H3;1-2H3. The maximum atomic E-state index is 12.3. The molecule has 13 heavy (non-hydrogen) atoms. The lowest BCUT2D eigenvalue weighted by Crippen LogP contribution is -2.03. The summed E-state index contributed by atoms with van der Waals surface area (Å²) in [5, 5.41) is 0. The van der Waals surface area contributed by atoms with Gasteiger partial charge in [0.15, 0.2) is 0 Å². The van der Waals surface area contributed by atoms with Gasteiger partial charge in [0, 0.05) is 6.92 Å². The maximum absolute atomic E-state index is 12.3. The highest BCUT2D eigenvalue weighted by Crippen LogP contribution is 2.13. The van der Waals surface area contributed by atoms with Crippen LogP contribution in [0.15, 0.2) is 24.3 Å². The van der Waals surface area contributed by atoms with Crippen molar-refractivity contribution in [2.24, 2.45) is 0 Å². The van der Waals surface area contributed by atoms with Gasteiger partial charge in [-0.3, -0.25) is 0 Å². The summed E-state index contributed by atoms with van der Waals surface area (Å²) in [4.78, 5) is 0. The van der Waals surface area contributed by atoms with Gasteiger partial charge >= 0.3 is 0 Å². The molecule has 0 amide bonds. The number of alkyl halides is 1. The Morgan fingerprint density at radius 1 is 1.31 bits per heavy atom. The molecule has 74 valence electrons. The molecule has 2 heteroatoms. The van der Waals surface area contributed by atoms with Crippen LogP contribution in [-0.2, 0) is 0 Å². The fraction of sp³-hybridized carbons (Fsp3) is 0.455. The molecule has 1 nitrogen and oxygen atoms in total. The van der Waals surface area contributed by atoms with Gasteiger partial charge in [-0.1, -0.05) is 26.0 Å². The van der Waals surface area contributed by atoms with Crippen LogP contribution in [0, 0.1) is 6.92 Å². The summed E-state index contributed by atoms with van der Waals surface area (Å²) in [6, 6.07) is 7.32. The number of hydrogen-bond acceptors (Lipinski definition) is 1. The van der Waals surface area contributed by atoms with Gasteiger partial charge in [0.1, 0.15) is 5.75 Å². The second-order valence-electron chi connectivity index (χ2n) is 2.48. The number of rotatable bonds is 2. The molecule has 0 saturated carbocycles. The largest absolute Gasteiger partial charge is 0.461 e. The molecule has 0 heterocycles. The molecule has 0 aliphatic carbocycles.